The number of hydrogen-bond donors (Lipinski definition) is 1. The van der Waals surface area contributed by atoms with Gasteiger partial charge < -0.3 is 10.2 Å². The zero-order chi connectivity index (χ0) is 13.7. The second kappa shape index (κ2) is 7.61. The van der Waals surface area contributed by atoms with Gasteiger partial charge in [-0.15, -0.1) is 0 Å². The molecule has 0 aromatic rings. The summed E-state index contributed by atoms with van der Waals surface area (Å²) >= 11 is 0. The van der Waals surface area contributed by atoms with E-state index in [4.69, 9.17) is 0 Å². The second-order valence-electron chi connectivity index (χ2n) is 6.65. The van der Waals surface area contributed by atoms with Crippen LogP contribution in [-0.4, -0.2) is 61.7 Å². The average Bonchev–Trinajstić information content (AvgIpc) is 2.58. The van der Waals surface area contributed by atoms with Gasteiger partial charge >= 0.3 is 0 Å². The van der Waals surface area contributed by atoms with E-state index in [1.807, 2.05) is 0 Å². The second-order valence-corrected chi connectivity index (χ2v) is 6.65. The number of nitrogens with zero attached hydrogens (tertiary/aromatic N) is 2. The molecule has 1 N–H and O–H groups in total. The fraction of sp³-hybridized carbons (Fsp3) is 1.00. The Morgan fingerprint density at radius 1 is 1.11 bits per heavy atom. The molecule has 0 bridgehead atoms. The Bertz CT molecular complexity index is 250. The Morgan fingerprint density at radius 2 is 1.84 bits per heavy atom. The molecular formula is C16H33N3. The SMILES string of the molecule is CNCCC1CN(C2CCCCC2)C(C)CCN1C. The Kier molecular flexibility index (Phi) is 6.11. The fourth-order valence-electron chi connectivity index (χ4n) is 3.85. The van der Waals surface area contributed by atoms with Gasteiger partial charge in [0.05, 0.1) is 0 Å². The fourth-order valence-corrected chi connectivity index (χ4v) is 3.85. The summed E-state index contributed by atoms with van der Waals surface area (Å²) in [6.45, 7) is 6.13. The van der Waals surface area contributed by atoms with Crippen molar-refractivity contribution < 1.29 is 0 Å². The molecule has 2 rings (SSSR count). The summed E-state index contributed by atoms with van der Waals surface area (Å²) in [5.74, 6) is 0. The van der Waals surface area contributed by atoms with Gasteiger partial charge in [0.25, 0.3) is 0 Å². The average molecular weight is 267 g/mol. The van der Waals surface area contributed by atoms with E-state index in [0.29, 0.717) is 0 Å². The number of rotatable bonds is 4. The maximum atomic E-state index is 3.32. The minimum atomic E-state index is 0.735. The molecule has 0 aromatic heterocycles. The van der Waals surface area contributed by atoms with E-state index in [2.05, 4.69) is 36.1 Å². The molecule has 0 aromatic carbocycles. The van der Waals surface area contributed by atoms with Crippen LogP contribution in [0.1, 0.15) is 51.9 Å². The van der Waals surface area contributed by atoms with Gasteiger partial charge in [-0.25, -0.2) is 0 Å². The van der Waals surface area contributed by atoms with Crippen molar-refractivity contribution in [2.75, 3.05) is 33.7 Å². The molecule has 1 aliphatic carbocycles. The molecule has 1 saturated heterocycles. The molecule has 1 aliphatic heterocycles. The van der Waals surface area contributed by atoms with Crippen LogP contribution in [0.3, 0.4) is 0 Å². The van der Waals surface area contributed by atoms with Gasteiger partial charge in [0.2, 0.25) is 0 Å². The highest BCUT2D eigenvalue weighted by atomic mass is 15.3. The summed E-state index contributed by atoms with van der Waals surface area (Å²) in [5, 5.41) is 3.32. The molecule has 2 atom stereocenters. The lowest BCUT2D eigenvalue weighted by atomic mass is 9.92. The molecule has 19 heavy (non-hydrogen) atoms. The highest BCUT2D eigenvalue weighted by Crippen LogP contribution is 2.27. The molecule has 112 valence electrons. The molecule has 2 fully saturated rings. The lowest BCUT2D eigenvalue weighted by Gasteiger charge is -2.39. The summed E-state index contributed by atoms with van der Waals surface area (Å²) in [6, 6.07) is 2.37. The molecule has 2 unspecified atom stereocenters. The lowest BCUT2D eigenvalue weighted by molar-refractivity contribution is 0.0993. The topological polar surface area (TPSA) is 18.5 Å². The van der Waals surface area contributed by atoms with E-state index in [1.165, 1.54) is 58.0 Å². The van der Waals surface area contributed by atoms with Gasteiger partial charge in [-0.3, -0.25) is 4.90 Å². The minimum absolute atomic E-state index is 0.735. The van der Waals surface area contributed by atoms with Gasteiger partial charge in [-0.05, 0) is 59.8 Å². The number of hydrogen-bond acceptors (Lipinski definition) is 3. The van der Waals surface area contributed by atoms with Gasteiger partial charge in [-0.1, -0.05) is 19.3 Å². The van der Waals surface area contributed by atoms with Gasteiger partial charge in [-0.2, -0.15) is 0 Å². The number of nitrogens with one attached hydrogen (secondary N) is 1. The van der Waals surface area contributed by atoms with Crippen molar-refractivity contribution in [2.24, 2.45) is 0 Å². The third kappa shape index (κ3) is 4.17. The summed E-state index contributed by atoms with van der Waals surface area (Å²) in [5.41, 5.74) is 0. The molecule has 0 radical (unpaired) electrons. The maximum Gasteiger partial charge on any atom is 0.0232 e. The van der Waals surface area contributed by atoms with E-state index in [9.17, 15) is 0 Å². The molecule has 3 heteroatoms. The van der Waals surface area contributed by atoms with E-state index in [-0.39, 0.29) is 0 Å². The van der Waals surface area contributed by atoms with Crippen LogP contribution >= 0.6 is 0 Å². The normalized spacial score (nSPS) is 32.4. The van der Waals surface area contributed by atoms with Crippen molar-refractivity contribution in [1.82, 2.24) is 15.1 Å². The van der Waals surface area contributed by atoms with E-state index in [1.54, 1.807) is 0 Å². The largest absolute Gasteiger partial charge is 0.320 e. The maximum absolute atomic E-state index is 3.32. The lowest BCUT2D eigenvalue weighted by Crippen LogP contribution is -2.47. The van der Waals surface area contributed by atoms with Crippen molar-refractivity contribution in [3.05, 3.63) is 0 Å². The van der Waals surface area contributed by atoms with Crippen molar-refractivity contribution in [2.45, 2.75) is 70.0 Å². The zero-order valence-electron chi connectivity index (χ0n) is 13.2. The Morgan fingerprint density at radius 3 is 2.53 bits per heavy atom. The molecule has 2 aliphatic rings. The first-order valence-corrected chi connectivity index (χ1v) is 8.33. The summed E-state index contributed by atoms with van der Waals surface area (Å²) < 4.78 is 0. The Hall–Kier alpha value is -0.120. The van der Waals surface area contributed by atoms with E-state index < -0.39 is 0 Å². The summed E-state index contributed by atoms with van der Waals surface area (Å²) in [6.07, 6.45) is 9.85. The smallest absolute Gasteiger partial charge is 0.0232 e. The van der Waals surface area contributed by atoms with Crippen LogP contribution in [0.15, 0.2) is 0 Å². The minimum Gasteiger partial charge on any atom is -0.320 e. The summed E-state index contributed by atoms with van der Waals surface area (Å²) in [7, 11) is 4.38. The van der Waals surface area contributed by atoms with Crippen LogP contribution in [0.5, 0.6) is 0 Å². The quantitative estimate of drug-likeness (QED) is 0.843. The van der Waals surface area contributed by atoms with Crippen LogP contribution in [0.4, 0.5) is 0 Å². The highest BCUT2D eigenvalue weighted by Gasteiger charge is 2.31. The van der Waals surface area contributed by atoms with Gasteiger partial charge in [0.1, 0.15) is 0 Å². The van der Waals surface area contributed by atoms with Crippen LogP contribution < -0.4 is 5.32 Å². The Labute approximate surface area is 119 Å². The monoisotopic (exact) mass is 267 g/mol. The van der Waals surface area contributed by atoms with Crippen LogP contribution in [0.25, 0.3) is 0 Å². The standard InChI is InChI=1S/C16H33N3/c1-14-10-12-18(3)16(9-11-17-2)13-19(14)15-7-5-4-6-8-15/h14-17H,4-13H2,1-3H3. The molecule has 1 saturated carbocycles. The first-order chi connectivity index (χ1) is 9.22. The molecule has 3 nitrogen and oxygen atoms in total. The van der Waals surface area contributed by atoms with Crippen molar-refractivity contribution in [1.29, 1.82) is 0 Å². The zero-order valence-corrected chi connectivity index (χ0v) is 13.2. The highest BCUT2D eigenvalue weighted by molar-refractivity contribution is 4.87. The third-order valence-electron chi connectivity index (χ3n) is 5.28. The van der Waals surface area contributed by atoms with Crippen LogP contribution in [0.2, 0.25) is 0 Å². The Balaban J connectivity index is 1.98. The predicted molar refractivity (Wildman–Crippen MR) is 82.6 cm³/mol. The van der Waals surface area contributed by atoms with Crippen LogP contribution in [-0.2, 0) is 0 Å². The first kappa shape index (κ1) is 15.3. The summed E-state index contributed by atoms with van der Waals surface area (Å²) in [4.78, 5) is 5.44. The van der Waals surface area contributed by atoms with Gasteiger partial charge in [0.15, 0.2) is 0 Å². The number of likely N-dealkylation sites (N-methyl/N-ethyl adjacent to an activating group) is 1. The van der Waals surface area contributed by atoms with Crippen molar-refractivity contribution >= 4 is 0 Å². The van der Waals surface area contributed by atoms with Crippen LogP contribution in [0, 0.1) is 0 Å². The van der Waals surface area contributed by atoms with E-state index in [0.717, 1.165) is 24.7 Å². The van der Waals surface area contributed by atoms with Gasteiger partial charge in [0, 0.05) is 24.7 Å². The van der Waals surface area contributed by atoms with Crippen molar-refractivity contribution in [3.8, 4) is 0 Å². The molecule has 0 amide bonds. The first-order valence-electron chi connectivity index (χ1n) is 8.33. The molecular weight excluding hydrogens is 234 g/mol. The molecule has 1 heterocycles. The third-order valence-corrected chi connectivity index (χ3v) is 5.28. The van der Waals surface area contributed by atoms with Crippen molar-refractivity contribution in [3.63, 3.8) is 0 Å². The molecule has 0 spiro atoms. The predicted octanol–water partition coefficient (Wildman–Crippen LogP) is 2.32. The van der Waals surface area contributed by atoms with E-state index >= 15 is 0 Å².